The zero-order valence-corrected chi connectivity index (χ0v) is 22.1. The highest BCUT2D eigenvalue weighted by Crippen LogP contribution is 2.46. The third-order valence-electron chi connectivity index (χ3n) is 9.09. The number of esters is 1. The van der Waals surface area contributed by atoms with Crippen molar-refractivity contribution in [2.75, 3.05) is 6.54 Å². The van der Waals surface area contributed by atoms with Gasteiger partial charge >= 0.3 is 5.97 Å². The molecule has 1 saturated heterocycles. The van der Waals surface area contributed by atoms with Crippen LogP contribution in [0.2, 0.25) is 0 Å². The van der Waals surface area contributed by atoms with Crippen LogP contribution in [0.15, 0.2) is 16.9 Å². The number of fused-ring (bicyclic) bond motifs is 5. The van der Waals surface area contributed by atoms with Crippen molar-refractivity contribution in [2.45, 2.75) is 76.5 Å². The molecule has 11 heteroatoms. The topological polar surface area (TPSA) is 123 Å². The Hall–Kier alpha value is -3.70. The fourth-order valence-electron chi connectivity index (χ4n) is 6.86. The first-order chi connectivity index (χ1) is 19.1. The highest BCUT2D eigenvalue weighted by atomic mass is 19.1. The van der Waals surface area contributed by atoms with Gasteiger partial charge in [0.15, 0.2) is 5.60 Å². The number of pyridine rings is 2. The average molecular weight is 551 g/mol. The number of hydrogen-bond donors (Lipinski definition) is 3. The van der Waals surface area contributed by atoms with Gasteiger partial charge < -0.3 is 25.0 Å². The number of halogens is 2. The average Bonchev–Trinajstić information content (AvgIpc) is 3.54. The van der Waals surface area contributed by atoms with E-state index in [0.29, 0.717) is 35.3 Å². The highest BCUT2D eigenvalue weighted by molar-refractivity contribution is 5.94. The molecule has 0 unspecified atom stereocenters. The summed E-state index contributed by atoms with van der Waals surface area (Å²) in [6.45, 7) is 3.39. The highest BCUT2D eigenvalue weighted by Gasteiger charge is 2.46. The van der Waals surface area contributed by atoms with E-state index < -0.39 is 41.2 Å². The maximum Gasteiger partial charge on any atom is 0.343 e. The van der Waals surface area contributed by atoms with E-state index in [1.165, 1.54) is 10.6 Å². The van der Waals surface area contributed by atoms with Crippen molar-refractivity contribution in [1.82, 2.24) is 20.2 Å². The van der Waals surface area contributed by atoms with E-state index in [0.717, 1.165) is 22.1 Å². The molecule has 5 heterocycles. The van der Waals surface area contributed by atoms with Gasteiger partial charge in [-0.05, 0) is 48.9 Å². The van der Waals surface area contributed by atoms with Gasteiger partial charge in [-0.2, -0.15) is 0 Å². The Labute approximate surface area is 227 Å². The van der Waals surface area contributed by atoms with Crippen LogP contribution >= 0.6 is 0 Å². The number of alkyl halides is 1. The molecule has 1 aromatic carbocycles. The number of nitrogens with one attached hydrogen (secondary N) is 2. The summed E-state index contributed by atoms with van der Waals surface area (Å²) in [7, 11) is 0. The molecule has 1 aliphatic carbocycles. The molecule has 1 amide bonds. The second kappa shape index (κ2) is 8.65. The van der Waals surface area contributed by atoms with Crippen molar-refractivity contribution in [3.63, 3.8) is 0 Å². The lowest BCUT2D eigenvalue weighted by atomic mass is 9.81. The Morgan fingerprint density at radius 3 is 2.83 bits per heavy atom. The number of aliphatic hydroxyl groups is 1. The molecule has 40 heavy (non-hydrogen) atoms. The Morgan fingerprint density at radius 2 is 2.10 bits per heavy atom. The number of aryl methyl sites for hydroxylation is 1. The lowest BCUT2D eigenvalue weighted by Gasteiger charge is -2.31. The van der Waals surface area contributed by atoms with Crippen LogP contribution < -0.4 is 16.2 Å². The third kappa shape index (κ3) is 3.37. The summed E-state index contributed by atoms with van der Waals surface area (Å²) in [5.41, 5.74) is 2.12. The van der Waals surface area contributed by atoms with Gasteiger partial charge in [0.25, 0.3) is 5.56 Å². The summed E-state index contributed by atoms with van der Waals surface area (Å²) in [6, 6.07) is 1.88. The molecule has 4 aliphatic rings. The first-order valence-electron chi connectivity index (χ1n) is 13.6. The Bertz CT molecular complexity index is 1720. The molecule has 208 valence electrons. The molecule has 3 N–H and O–H groups in total. The molecule has 9 nitrogen and oxygen atoms in total. The van der Waals surface area contributed by atoms with E-state index in [4.69, 9.17) is 9.72 Å². The lowest BCUT2D eigenvalue weighted by Crippen LogP contribution is -2.44. The Kier molecular flexibility index (Phi) is 5.47. The number of hydrogen-bond acceptors (Lipinski definition) is 7. The number of amides is 1. The summed E-state index contributed by atoms with van der Waals surface area (Å²) in [5.74, 6) is -1.51. The smallest absolute Gasteiger partial charge is 0.343 e. The second-order valence-corrected chi connectivity index (χ2v) is 11.2. The van der Waals surface area contributed by atoms with Crippen LogP contribution in [-0.4, -0.2) is 45.3 Å². The first kappa shape index (κ1) is 25.3. The molecule has 3 aromatic rings. The number of nitrogens with zero attached hydrogens (tertiary/aromatic N) is 2. The van der Waals surface area contributed by atoms with Gasteiger partial charge in [-0.1, -0.05) is 6.92 Å². The molecular formula is C29H28F2N4O5. The minimum Gasteiger partial charge on any atom is -0.458 e. The lowest BCUT2D eigenvalue weighted by molar-refractivity contribution is -0.172. The van der Waals surface area contributed by atoms with Crippen LogP contribution in [0.3, 0.4) is 0 Å². The summed E-state index contributed by atoms with van der Waals surface area (Å²) in [4.78, 5) is 44.2. The quantitative estimate of drug-likeness (QED) is 0.335. The molecule has 0 radical (unpaired) electrons. The maximum atomic E-state index is 15.0. The first-order valence-corrected chi connectivity index (χ1v) is 13.6. The number of cyclic esters (lactones) is 1. The van der Waals surface area contributed by atoms with Crippen LogP contribution in [0.25, 0.3) is 22.3 Å². The maximum absolute atomic E-state index is 15.0. The van der Waals surface area contributed by atoms with Crippen molar-refractivity contribution in [3.8, 4) is 11.4 Å². The van der Waals surface area contributed by atoms with E-state index in [2.05, 4.69) is 10.6 Å². The number of carbonyl (C=O) groups excluding carboxylic acids is 2. The molecule has 0 saturated carbocycles. The van der Waals surface area contributed by atoms with Gasteiger partial charge in [0, 0.05) is 35.5 Å². The number of ether oxygens (including phenoxy) is 1. The van der Waals surface area contributed by atoms with Crippen LogP contribution in [0.5, 0.6) is 0 Å². The molecule has 3 aliphatic heterocycles. The number of benzene rings is 1. The summed E-state index contributed by atoms with van der Waals surface area (Å²) in [6.07, 6.45) is 0.0426. The van der Waals surface area contributed by atoms with Gasteiger partial charge in [-0.15, -0.1) is 0 Å². The molecule has 2 aromatic heterocycles. The number of carbonyl (C=O) groups is 2. The minimum absolute atomic E-state index is 0.0157. The predicted octanol–water partition coefficient (Wildman–Crippen LogP) is 2.33. The van der Waals surface area contributed by atoms with Crippen LogP contribution in [0.1, 0.15) is 65.6 Å². The van der Waals surface area contributed by atoms with E-state index in [1.54, 1.807) is 19.9 Å². The number of aromatic nitrogens is 2. The van der Waals surface area contributed by atoms with E-state index in [9.17, 15) is 23.9 Å². The van der Waals surface area contributed by atoms with Gasteiger partial charge in [0.2, 0.25) is 5.91 Å². The van der Waals surface area contributed by atoms with Crippen molar-refractivity contribution in [1.29, 1.82) is 0 Å². The summed E-state index contributed by atoms with van der Waals surface area (Å²) < 4.78 is 35.5. The van der Waals surface area contributed by atoms with Crippen LogP contribution in [0, 0.1) is 12.7 Å². The Morgan fingerprint density at radius 1 is 1.30 bits per heavy atom. The normalized spacial score (nSPS) is 26.3. The third-order valence-corrected chi connectivity index (χ3v) is 9.09. The van der Waals surface area contributed by atoms with Crippen molar-refractivity contribution in [3.05, 3.63) is 61.7 Å². The SMILES string of the molecule is CC[C@]1(O)C(=O)OCc2c1cc1n(c2=O)Cc2c-1nc1cc(F)c(C)c3c1c2[C@H](NC(=O)[C@@H]1C[C@@H](F)CN1)CC3. The van der Waals surface area contributed by atoms with Crippen LogP contribution in [0.4, 0.5) is 8.78 Å². The van der Waals surface area contributed by atoms with Crippen LogP contribution in [-0.2, 0) is 39.5 Å². The van der Waals surface area contributed by atoms with E-state index >= 15 is 4.39 Å². The van der Waals surface area contributed by atoms with Crippen molar-refractivity contribution >= 4 is 22.8 Å². The monoisotopic (exact) mass is 550 g/mol. The molecule has 1 fully saturated rings. The Balaban J connectivity index is 1.44. The van der Waals surface area contributed by atoms with Gasteiger partial charge in [-0.25, -0.2) is 18.6 Å². The summed E-state index contributed by atoms with van der Waals surface area (Å²) in [5, 5.41) is 17.9. The van der Waals surface area contributed by atoms with Gasteiger partial charge in [0.1, 0.15) is 18.6 Å². The zero-order chi connectivity index (χ0) is 28.1. The van der Waals surface area contributed by atoms with Gasteiger partial charge in [0.05, 0.1) is 41.1 Å². The fourth-order valence-corrected chi connectivity index (χ4v) is 6.86. The van der Waals surface area contributed by atoms with Crippen molar-refractivity contribution < 1.29 is 28.2 Å². The fraction of sp³-hybridized carbons (Fsp3) is 0.448. The molecule has 0 spiro atoms. The van der Waals surface area contributed by atoms with Gasteiger partial charge in [-0.3, -0.25) is 9.59 Å². The molecule has 4 atom stereocenters. The number of rotatable bonds is 3. The zero-order valence-electron chi connectivity index (χ0n) is 22.1. The second-order valence-electron chi connectivity index (χ2n) is 11.2. The minimum atomic E-state index is -1.97. The standard InChI is InChI=1S/C29H28F2N4O5/c1-3-29(39)17-7-22-25-15(10-35(22)27(37)16(17)11-40-28(29)38)24-19(34-26(36)21-6-13(30)9-32-21)5-4-14-12(2)18(31)8-20(33-25)23(14)24/h7-8,13,19,21,32,39H,3-6,9-11H2,1-2H3,(H,34,36)/t13-,19-,21+,29-/m1/s1. The largest absolute Gasteiger partial charge is 0.458 e. The van der Waals surface area contributed by atoms with E-state index in [1.807, 2.05) is 0 Å². The predicted molar refractivity (Wildman–Crippen MR) is 140 cm³/mol. The molecule has 0 bridgehead atoms. The van der Waals surface area contributed by atoms with E-state index in [-0.39, 0.29) is 49.6 Å². The molecular weight excluding hydrogens is 522 g/mol. The molecule has 7 rings (SSSR count). The summed E-state index contributed by atoms with van der Waals surface area (Å²) >= 11 is 0. The van der Waals surface area contributed by atoms with Crippen molar-refractivity contribution in [2.24, 2.45) is 0 Å².